The third kappa shape index (κ3) is 4.49. The van der Waals surface area contributed by atoms with Crippen LogP contribution in [0, 0.1) is 12.7 Å². The number of halogens is 1. The fraction of sp³-hybridized carbons (Fsp3) is 0.533. The molecule has 4 nitrogen and oxygen atoms in total. The second-order valence-electron chi connectivity index (χ2n) is 5.53. The molecule has 0 fully saturated rings. The van der Waals surface area contributed by atoms with Gasteiger partial charge in [0.05, 0.1) is 12.1 Å². The van der Waals surface area contributed by atoms with Crippen molar-refractivity contribution in [1.29, 1.82) is 0 Å². The Hall–Kier alpha value is -1.62. The predicted octanol–water partition coefficient (Wildman–Crippen LogP) is 2.15. The highest BCUT2D eigenvalue weighted by atomic mass is 19.1. The van der Waals surface area contributed by atoms with E-state index in [0.717, 1.165) is 5.56 Å². The maximum atomic E-state index is 13.5. The molecule has 3 N–H and O–H groups in total. The summed E-state index contributed by atoms with van der Waals surface area (Å²) in [5.74, 6) is -0.658. The number of benzene rings is 1. The molecule has 112 valence electrons. The van der Waals surface area contributed by atoms with Crippen molar-refractivity contribution in [3.63, 3.8) is 0 Å². The third-order valence-electron chi connectivity index (χ3n) is 3.10. The fourth-order valence-electron chi connectivity index (χ4n) is 1.99. The van der Waals surface area contributed by atoms with Crippen LogP contribution in [-0.2, 0) is 4.79 Å². The number of nitrogens with two attached hydrogens (primary N) is 1. The van der Waals surface area contributed by atoms with E-state index in [0.29, 0.717) is 6.42 Å². The zero-order valence-electron chi connectivity index (χ0n) is 12.5. The van der Waals surface area contributed by atoms with Crippen molar-refractivity contribution in [3.05, 3.63) is 29.6 Å². The Bertz CT molecular complexity index is 477. The van der Waals surface area contributed by atoms with E-state index in [1.165, 1.54) is 6.07 Å². The van der Waals surface area contributed by atoms with Gasteiger partial charge in [-0.25, -0.2) is 4.39 Å². The van der Waals surface area contributed by atoms with Crippen LogP contribution in [0.3, 0.4) is 0 Å². The Labute approximate surface area is 119 Å². The molecule has 20 heavy (non-hydrogen) atoms. The Morgan fingerprint density at radius 2 is 2.15 bits per heavy atom. The molecule has 0 saturated carbocycles. The second kappa shape index (κ2) is 6.70. The Kier molecular flexibility index (Phi) is 5.51. The molecular weight excluding hydrogens is 259 g/mol. The number of aryl methyl sites for hydroxylation is 1. The van der Waals surface area contributed by atoms with Gasteiger partial charge in [0.2, 0.25) is 5.91 Å². The number of nitrogens with one attached hydrogen (secondary N) is 1. The van der Waals surface area contributed by atoms with E-state index in [-0.39, 0.29) is 18.4 Å². The highest BCUT2D eigenvalue weighted by molar-refractivity contribution is 5.84. The first kappa shape index (κ1) is 16.4. The highest BCUT2D eigenvalue weighted by Crippen LogP contribution is 2.19. The van der Waals surface area contributed by atoms with E-state index >= 15 is 0 Å². The van der Waals surface area contributed by atoms with Gasteiger partial charge in [0.15, 0.2) is 11.6 Å². The van der Waals surface area contributed by atoms with Crippen LogP contribution in [0.5, 0.6) is 5.75 Å². The minimum Gasteiger partial charge on any atom is -0.490 e. The smallest absolute Gasteiger partial charge is 0.237 e. The molecule has 0 aliphatic rings. The van der Waals surface area contributed by atoms with Crippen molar-refractivity contribution in [1.82, 2.24) is 5.32 Å². The predicted molar refractivity (Wildman–Crippen MR) is 77.1 cm³/mol. The van der Waals surface area contributed by atoms with Crippen LogP contribution < -0.4 is 15.8 Å². The summed E-state index contributed by atoms with van der Waals surface area (Å²) in [5.41, 5.74) is 5.47. The molecule has 1 atom stereocenters. The normalized spacial score (nSPS) is 14.1. The van der Waals surface area contributed by atoms with Gasteiger partial charge in [0.25, 0.3) is 0 Å². The van der Waals surface area contributed by atoms with E-state index in [4.69, 9.17) is 10.5 Å². The summed E-state index contributed by atoms with van der Waals surface area (Å²) in [6, 6.07) is 4.79. The first-order chi connectivity index (χ1) is 9.24. The van der Waals surface area contributed by atoms with Gasteiger partial charge in [-0.3, -0.25) is 4.79 Å². The molecule has 0 aromatic heterocycles. The molecule has 1 rings (SSSR count). The summed E-state index contributed by atoms with van der Waals surface area (Å²) in [5, 5.41) is 3.12. The average Bonchev–Trinajstić information content (AvgIpc) is 2.32. The van der Waals surface area contributed by atoms with Crippen LogP contribution in [-0.4, -0.2) is 24.1 Å². The van der Waals surface area contributed by atoms with Gasteiger partial charge in [0, 0.05) is 12.5 Å². The number of rotatable bonds is 7. The zero-order chi connectivity index (χ0) is 15.3. The molecule has 1 aromatic carbocycles. The summed E-state index contributed by atoms with van der Waals surface area (Å²) in [6.07, 6.45) is 0.369. The first-order valence-electron chi connectivity index (χ1n) is 6.71. The van der Waals surface area contributed by atoms with Crippen molar-refractivity contribution in [2.45, 2.75) is 45.7 Å². The van der Waals surface area contributed by atoms with E-state index in [2.05, 4.69) is 5.32 Å². The van der Waals surface area contributed by atoms with Gasteiger partial charge in [-0.1, -0.05) is 6.07 Å². The van der Waals surface area contributed by atoms with E-state index in [1.54, 1.807) is 19.1 Å². The maximum Gasteiger partial charge on any atom is 0.237 e. The van der Waals surface area contributed by atoms with Crippen molar-refractivity contribution in [3.8, 4) is 5.75 Å². The molecule has 0 heterocycles. The van der Waals surface area contributed by atoms with Crippen LogP contribution >= 0.6 is 0 Å². The van der Waals surface area contributed by atoms with Crippen LogP contribution in [0.25, 0.3) is 0 Å². The summed E-state index contributed by atoms with van der Waals surface area (Å²) in [4.78, 5) is 11.6. The number of carbonyl (C=O) groups is 1. The number of hydrogen-bond acceptors (Lipinski definition) is 3. The van der Waals surface area contributed by atoms with Crippen molar-refractivity contribution in [2.24, 2.45) is 5.73 Å². The molecule has 0 aliphatic heterocycles. The number of ether oxygens (including phenoxy) is 1. The molecule has 5 heteroatoms. The zero-order valence-corrected chi connectivity index (χ0v) is 12.5. The van der Waals surface area contributed by atoms with Crippen LogP contribution in [0.1, 0.15) is 32.8 Å². The van der Waals surface area contributed by atoms with Crippen molar-refractivity contribution >= 4 is 5.91 Å². The Morgan fingerprint density at radius 1 is 1.50 bits per heavy atom. The lowest BCUT2D eigenvalue weighted by Crippen LogP contribution is -2.56. The minimum atomic E-state index is -0.867. The van der Waals surface area contributed by atoms with Crippen molar-refractivity contribution < 1.29 is 13.9 Å². The molecule has 1 unspecified atom stereocenters. The lowest BCUT2D eigenvalue weighted by molar-refractivity contribution is -0.124. The number of carbonyl (C=O) groups excluding carboxylic acids is 1. The third-order valence-corrected chi connectivity index (χ3v) is 3.10. The van der Waals surface area contributed by atoms with Gasteiger partial charge in [-0.05, 0) is 45.4 Å². The lowest BCUT2D eigenvalue weighted by Gasteiger charge is -2.29. The standard InChI is InChI=1S/C15H23FN2O2/c1-10(2)18-15(4,14(17)19)7-8-20-13-9-11(3)5-6-12(13)16/h5-6,9-10,18H,7-8H2,1-4H3,(H2,17,19). The van der Waals surface area contributed by atoms with E-state index in [9.17, 15) is 9.18 Å². The van der Waals surface area contributed by atoms with Gasteiger partial charge in [-0.15, -0.1) is 0 Å². The summed E-state index contributed by atoms with van der Waals surface area (Å²) < 4.78 is 18.9. The largest absolute Gasteiger partial charge is 0.490 e. The molecule has 1 aromatic rings. The first-order valence-corrected chi connectivity index (χ1v) is 6.71. The van der Waals surface area contributed by atoms with Gasteiger partial charge >= 0.3 is 0 Å². The number of primary amides is 1. The molecule has 0 spiro atoms. The molecule has 0 aliphatic carbocycles. The SMILES string of the molecule is Cc1ccc(F)c(OCCC(C)(NC(C)C)C(N)=O)c1. The maximum absolute atomic E-state index is 13.5. The van der Waals surface area contributed by atoms with Crippen molar-refractivity contribution in [2.75, 3.05) is 6.61 Å². The molecular formula is C15H23FN2O2. The van der Waals surface area contributed by atoms with Gasteiger partial charge in [-0.2, -0.15) is 0 Å². The summed E-state index contributed by atoms with van der Waals surface area (Å²) in [6.45, 7) is 7.66. The second-order valence-corrected chi connectivity index (χ2v) is 5.53. The van der Waals surface area contributed by atoms with Crippen LogP contribution in [0.15, 0.2) is 18.2 Å². The number of hydrogen-bond donors (Lipinski definition) is 2. The monoisotopic (exact) mass is 282 g/mol. The Morgan fingerprint density at radius 3 is 2.70 bits per heavy atom. The van der Waals surface area contributed by atoms with E-state index < -0.39 is 17.3 Å². The average molecular weight is 282 g/mol. The summed E-state index contributed by atoms with van der Waals surface area (Å²) in [7, 11) is 0. The minimum absolute atomic E-state index is 0.114. The molecule has 0 saturated heterocycles. The van der Waals surface area contributed by atoms with E-state index in [1.807, 2.05) is 20.8 Å². The topological polar surface area (TPSA) is 64.3 Å². The van der Waals surface area contributed by atoms with Crippen LogP contribution in [0.2, 0.25) is 0 Å². The van der Waals surface area contributed by atoms with Gasteiger partial charge in [0.1, 0.15) is 0 Å². The quantitative estimate of drug-likeness (QED) is 0.805. The highest BCUT2D eigenvalue weighted by Gasteiger charge is 2.31. The number of amides is 1. The molecule has 0 bridgehead atoms. The summed E-state index contributed by atoms with van der Waals surface area (Å²) >= 11 is 0. The molecule has 0 radical (unpaired) electrons. The lowest BCUT2D eigenvalue weighted by atomic mass is 9.96. The molecule has 1 amide bonds. The Balaban J connectivity index is 2.65. The van der Waals surface area contributed by atoms with Crippen LogP contribution in [0.4, 0.5) is 4.39 Å². The van der Waals surface area contributed by atoms with Gasteiger partial charge < -0.3 is 15.8 Å². The fourth-order valence-corrected chi connectivity index (χ4v) is 1.99.